The van der Waals surface area contributed by atoms with Crippen LogP contribution in [-0.2, 0) is 16.6 Å². The third-order valence-electron chi connectivity index (χ3n) is 2.28. The average Bonchev–Trinajstić information content (AvgIpc) is 2.95. The summed E-state index contributed by atoms with van der Waals surface area (Å²) >= 11 is 2.23. The summed E-state index contributed by atoms with van der Waals surface area (Å²) in [4.78, 5) is 14.6. The van der Waals surface area contributed by atoms with Crippen LogP contribution >= 0.6 is 22.7 Å². The lowest BCUT2D eigenvalue weighted by atomic mass is 10.3. The normalized spacial score (nSPS) is 11.6. The highest BCUT2D eigenvalue weighted by Gasteiger charge is 2.26. The van der Waals surface area contributed by atoms with Gasteiger partial charge < -0.3 is 5.11 Å². The molecular weight excluding hydrogens is 308 g/mol. The number of rotatable bonds is 5. The van der Waals surface area contributed by atoms with Crippen LogP contribution in [0.2, 0.25) is 0 Å². The van der Waals surface area contributed by atoms with E-state index in [-0.39, 0.29) is 16.3 Å². The van der Waals surface area contributed by atoms with Crippen molar-refractivity contribution in [3.8, 4) is 0 Å². The topological polar surface area (TPSA) is 96.4 Å². The molecule has 0 saturated heterocycles. The zero-order valence-corrected chi connectivity index (χ0v) is 12.2. The number of carboxylic acids is 1. The molecule has 0 spiro atoms. The largest absolute Gasteiger partial charge is 0.477 e. The standard InChI is InChI=1S/C10H10N2O4S3/c1-6-5-18-8(10(13)14)9(6)19(15,16)12-4-7-11-2-3-17-7/h2-3,5,12H,4H2,1H3,(H,13,14). The first-order valence-electron chi connectivity index (χ1n) is 5.11. The molecule has 2 heterocycles. The summed E-state index contributed by atoms with van der Waals surface area (Å²) in [6, 6.07) is 0. The minimum absolute atomic E-state index is 0.0499. The van der Waals surface area contributed by atoms with Crippen molar-refractivity contribution in [2.45, 2.75) is 18.4 Å². The van der Waals surface area contributed by atoms with Gasteiger partial charge in [-0.3, -0.25) is 0 Å². The maximum atomic E-state index is 12.1. The number of aromatic nitrogens is 1. The van der Waals surface area contributed by atoms with Crippen molar-refractivity contribution in [1.82, 2.24) is 9.71 Å². The average molecular weight is 318 g/mol. The van der Waals surface area contributed by atoms with Gasteiger partial charge in [0.1, 0.15) is 14.8 Å². The zero-order chi connectivity index (χ0) is 14.0. The Morgan fingerprint density at radius 1 is 1.47 bits per heavy atom. The number of thiophene rings is 1. The number of carboxylic acid groups (broad SMARTS) is 1. The Kier molecular flexibility index (Phi) is 3.99. The molecule has 0 radical (unpaired) electrons. The lowest BCUT2D eigenvalue weighted by Gasteiger charge is -2.06. The molecular formula is C10H10N2O4S3. The van der Waals surface area contributed by atoms with Crippen LogP contribution in [0, 0.1) is 6.92 Å². The molecule has 0 aliphatic heterocycles. The van der Waals surface area contributed by atoms with Gasteiger partial charge in [-0.05, 0) is 17.9 Å². The highest BCUT2D eigenvalue weighted by atomic mass is 32.2. The second-order valence-electron chi connectivity index (χ2n) is 3.63. The monoisotopic (exact) mass is 318 g/mol. The fraction of sp³-hybridized carbons (Fsp3) is 0.200. The minimum atomic E-state index is -3.85. The number of carbonyl (C=O) groups is 1. The van der Waals surface area contributed by atoms with E-state index in [1.807, 2.05) is 0 Å². The number of sulfonamides is 1. The van der Waals surface area contributed by atoms with Crippen LogP contribution in [0.25, 0.3) is 0 Å². The number of thiazole rings is 1. The summed E-state index contributed by atoms with van der Waals surface area (Å²) in [5, 5.41) is 12.9. The number of aryl methyl sites for hydroxylation is 1. The Labute approximate surface area is 117 Å². The second-order valence-corrected chi connectivity index (χ2v) is 7.20. The molecule has 2 rings (SSSR count). The molecule has 0 unspecified atom stereocenters. The van der Waals surface area contributed by atoms with E-state index in [2.05, 4.69) is 9.71 Å². The van der Waals surface area contributed by atoms with Crippen molar-refractivity contribution >= 4 is 38.7 Å². The smallest absolute Gasteiger partial charge is 0.347 e. The molecule has 0 aliphatic carbocycles. The highest BCUT2D eigenvalue weighted by molar-refractivity contribution is 7.89. The van der Waals surface area contributed by atoms with E-state index in [1.165, 1.54) is 16.7 Å². The fourth-order valence-electron chi connectivity index (χ4n) is 1.48. The second kappa shape index (κ2) is 5.37. The minimum Gasteiger partial charge on any atom is -0.477 e. The SMILES string of the molecule is Cc1csc(C(=O)O)c1S(=O)(=O)NCc1nccs1. The zero-order valence-electron chi connectivity index (χ0n) is 9.78. The summed E-state index contributed by atoms with van der Waals surface area (Å²) in [5.74, 6) is -1.24. The van der Waals surface area contributed by atoms with Gasteiger partial charge in [-0.15, -0.1) is 22.7 Å². The van der Waals surface area contributed by atoms with Crippen LogP contribution in [0.5, 0.6) is 0 Å². The van der Waals surface area contributed by atoms with E-state index >= 15 is 0 Å². The predicted molar refractivity (Wildman–Crippen MR) is 72.2 cm³/mol. The molecule has 9 heteroatoms. The van der Waals surface area contributed by atoms with Crippen LogP contribution in [0.3, 0.4) is 0 Å². The van der Waals surface area contributed by atoms with E-state index < -0.39 is 16.0 Å². The number of nitrogens with zero attached hydrogens (tertiary/aromatic N) is 1. The molecule has 0 aromatic carbocycles. The van der Waals surface area contributed by atoms with Gasteiger partial charge in [0, 0.05) is 11.6 Å². The molecule has 19 heavy (non-hydrogen) atoms. The van der Waals surface area contributed by atoms with E-state index in [4.69, 9.17) is 5.11 Å². The van der Waals surface area contributed by atoms with Crippen LogP contribution in [0.1, 0.15) is 20.2 Å². The Balaban J connectivity index is 2.29. The molecule has 0 atom stereocenters. The van der Waals surface area contributed by atoms with E-state index in [9.17, 15) is 13.2 Å². The summed E-state index contributed by atoms with van der Waals surface area (Å²) in [6.45, 7) is 1.62. The van der Waals surface area contributed by atoms with Gasteiger partial charge in [0.05, 0.1) is 6.54 Å². The Hall–Kier alpha value is -1.29. The third-order valence-corrected chi connectivity index (χ3v) is 5.86. The van der Waals surface area contributed by atoms with E-state index in [0.717, 1.165) is 11.3 Å². The Bertz CT molecular complexity index is 688. The van der Waals surface area contributed by atoms with E-state index in [0.29, 0.717) is 10.6 Å². The molecule has 102 valence electrons. The quantitative estimate of drug-likeness (QED) is 0.874. The molecule has 0 aliphatic rings. The van der Waals surface area contributed by atoms with Gasteiger partial charge in [-0.1, -0.05) is 0 Å². The number of hydrogen-bond acceptors (Lipinski definition) is 6. The third kappa shape index (κ3) is 3.00. The summed E-state index contributed by atoms with van der Waals surface area (Å²) in [7, 11) is -3.85. The highest BCUT2D eigenvalue weighted by Crippen LogP contribution is 2.26. The van der Waals surface area contributed by atoms with Gasteiger partial charge in [0.2, 0.25) is 10.0 Å². The number of nitrogens with one attached hydrogen (secondary N) is 1. The van der Waals surface area contributed by atoms with Gasteiger partial charge in [-0.2, -0.15) is 0 Å². The first-order valence-corrected chi connectivity index (χ1v) is 8.35. The fourth-order valence-corrected chi connectivity index (χ4v) is 4.75. The molecule has 0 saturated carbocycles. The molecule has 2 aromatic rings. The molecule has 2 aromatic heterocycles. The van der Waals surface area contributed by atoms with Crippen molar-refractivity contribution in [3.05, 3.63) is 32.4 Å². The maximum absolute atomic E-state index is 12.1. The number of hydrogen-bond donors (Lipinski definition) is 2. The first kappa shape index (κ1) is 14.1. The van der Waals surface area contributed by atoms with Crippen molar-refractivity contribution in [2.24, 2.45) is 0 Å². The first-order chi connectivity index (χ1) is 8.92. The van der Waals surface area contributed by atoms with Gasteiger partial charge in [0.25, 0.3) is 0 Å². The van der Waals surface area contributed by atoms with E-state index in [1.54, 1.807) is 18.5 Å². The van der Waals surface area contributed by atoms with Crippen LogP contribution in [0.15, 0.2) is 21.9 Å². The molecule has 0 fully saturated rings. The van der Waals surface area contributed by atoms with Crippen molar-refractivity contribution in [3.63, 3.8) is 0 Å². The lowest BCUT2D eigenvalue weighted by Crippen LogP contribution is -2.25. The van der Waals surface area contributed by atoms with Crippen LogP contribution < -0.4 is 4.72 Å². The maximum Gasteiger partial charge on any atom is 0.347 e. The Morgan fingerprint density at radius 3 is 2.79 bits per heavy atom. The molecule has 0 bridgehead atoms. The summed E-state index contributed by atoms with van der Waals surface area (Å²) < 4.78 is 26.7. The molecule has 0 amide bonds. The van der Waals surface area contributed by atoms with Gasteiger partial charge in [-0.25, -0.2) is 22.9 Å². The predicted octanol–water partition coefficient (Wildman–Crippen LogP) is 1.69. The summed E-state index contributed by atoms with van der Waals surface area (Å²) in [6.07, 6.45) is 1.58. The van der Waals surface area contributed by atoms with Gasteiger partial charge >= 0.3 is 5.97 Å². The van der Waals surface area contributed by atoms with Crippen LogP contribution in [-0.4, -0.2) is 24.5 Å². The lowest BCUT2D eigenvalue weighted by molar-refractivity contribution is 0.0698. The van der Waals surface area contributed by atoms with Crippen LogP contribution in [0.4, 0.5) is 0 Å². The summed E-state index contributed by atoms with van der Waals surface area (Å²) in [5.41, 5.74) is 0.425. The molecule has 2 N–H and O–H groups in total. The molecule has 6 nitrogen and oxygen atoms in total. The van der Waals surface area contributed by atoms with Crippen molar-refractivity contribution in [1.29, 1.82) is 0 Å². The van der Waals surface area contributed by atoms with Gasteiger partial charge in [0.15, 0.2) is 0 Å². The number of aromatic carboxylic acids is 1. The van der Waals surface area contributed by atoms with Crippen molar-refractivity contribution < 1.29 is 18.3 Å². The Morgan fingerprint density at radius 2 is 2.21 bits per heavy atom. The van der Waals surface area contributed by atoms with Crippen molar-refractivity contribution in [2.75, 3.05) is 0 Å².